The zero-order chi connectivity index (χ0) is 26.5. The van der Waals surface area contributed by atoms with Crippen molar-refractivity contribution in [3.05, 3.63) is 152 Å². The van der Waals surface area contributed by atoms with Crippen molar-refractivity contribution in [2.75, 3.05) is 4.90 Å². The van der Waals surface area contributed by atoms with E-state index in [1.54, 1.807) is 0 Å². The molecule has 0 atom stereocenters. The van der Waals surface area contributed by atoms with Gasteiger partial charge in [0.25, 0.3) is 0 Å². The van der Waals surface area contributed by atoms with Gasteiger partial charge >= 0.3 is 0 Å². The summed E-state index contributed by atoms with van der Waals surface area (Å²) >= 11 is 1.89. The lowest BCUT2D eigenvalue weighted by Gasteiger charge is -2.25. The molecule has 0 radical (unpaired) electrons. The molecule has 0 unspecified atom stereocenters. The van der Waals surface area contributed by atoms with Crippen LogP contribution in [0, 0.1) is 0 Å². The molecular formula is C38H25NS. The molecule has 0 bridgehead atoms. The van der Waals surface area contributed by atoms with Crippen LogP contribution >= 0.6 is 11.3 Å². The Balaban J connectivity index is 1.38. The van der Waals surface area contributed by atoms with Gasteiger partial charge in [0.1, 0.15) is 0 Å². The highest BCUT2D eigenvalue weighted by molar-refractivity contribution is 7.26. The highest BCUT2D eigenvalue weighted by Crippen LogP contribution is 2.45. The van der Waals surface area contributed by atoms with Crippen LogP contribution < -0.4 is 4.90 Å². The summed E-state index contributed by atoms with van der Waals surface area (Å²) in [6.07, 6.45) is 0. The van der Waals surface area contributed by atoms with Gasteiger partial charge in [0.2, 0.25) is 0 Å². The molecule has 0 aliphatic heterocycles. The van der Waals surface area contributed by atoms with Crippen molar-refractivity contribution in [1.82, 2.24) is 0 Å². The zero-order valence-electron chi connectivity index (χ0n) is 21.8. The molecule has 0 saturated carbocycles. The fraction of sp³-hybridized carbons (Fsp3) is 0. The Morgan fingerprint density at radius 3 is 1.75 bits per heavy atom. The van der Waals surface area contributed by atoms with Crippen LogP contribution in [0.5, 0.6) is 0 Å². The summed E-state index contributed by atoms with van der Waals surface area (Å²) in [7, 11) is 0. The minimum absolute atomic E-state index is 1.15. The largest absolute Gasteiger partial charge is 0.310 e. The van der Waals surface area contributed by atoms with Crippen molar-refractivity contribution in [2.45, 2.75) is 0 Å². The molecule has 40 heavy (non-hydrogen) atoms. The predicted molar refractivity (Wildman–Crippen MR) is 174 cm³/mol. The lowest BCUT2D eigenvalue weighted by atomic mass is 9.92. The molecule has 8 rings (SSSR count). The van der Waals surface area contributed by atoms with E-state index in [0.717, 1.165) is 17.1 Å². The fourth-order valence-electron chi connectivity index (χ4n) is 6.01. The number of para-hydroxylation sites is 2. The molecule has 0 saturated heterocycles. The van der Waals surface area contributed by atoms with Gasteiger partial charge in [0.05, 0.1) is 0 Å². The lowest BCUT2D eigenvalue weighted by molar-refractivity contribution is 1.29. The van der Waals surface area contributed by atoms with E-state index in [4.69, 9.17) is 0 Å². The van der Waals surface area contributed by atoms with Gasteiger partial charge in [-0.1, -0.05) is 109 Å². The summed E-state index contributed by atoms with van der Waals surface area (Å²) in [5.41, 5.74) is 6.04. The van der Waals surface area contributed by atoms with E-state index in [1.807, 2.05) is 11.3 Å². The summed E-state index contributed by atoms with van der Waals surface area (Å²) in [5.74, 6) is 0. The third kappa shape index (κ3) is 3.69. The Morgan fingerprint density at radius 2 is 1.00 bits per heavy atom. The van der Waals surface area contributed by atoms with Crippen LogP contribution in [-0.2, 0) is 0 Å². The molecule has 0 aliphatic rings. The first kappa shape index (κ1) is 23.0. The number of anilines is 3. The Hall–Kier alpha value is -4.92. The zero-order valence-corrected chi connectivity index (χ0v) is 22.6. The smallest absolute Gasteiger partial charge is 0.0476 e. The molecular weight excluding hydrogens is 502 g/mol. The Bertz CT molecular complexity index is 2120. The van der Waals surface area contributed by atoms with Gasteiger partial charge in [-0.05, 0) is 69.8 Å². The molecule has 0 aliphatic carbocycles. The maximum Gasteiger partial charge on any atom is 0.0476 e. The summed E-state index contributed by atoms with van der Waals surface area (Å²) in [6.45, 7) is 0. The normalized spacial score (nSPS) is 11.5. The quantitative estimate of drug-likeness (QED) is 0.220. The first-order chi connectivity index (χ1) is 19.8. The highest BCUT2D eigenvalue weighted by Gasteiger charge is 2.17. The number of nitrogens with zero attached hydrogens (tertiary/aromatic N) is 1. The van der Waals surface area contributed by atoms with Crippen molar-refractivity contribution in [3.8, 4) is 11.1 Å². The predicted octanol–water partition coefficient (Wildman–Crippen LogP) is 11.5. The molecule has 2 heteroatoms. The SMILES string of the molecule is c1ccc(N(c2ccccc2)c2ccc3c(c2)sc2c4ccccc4c(-c4cccc5ccccc45)cc32)cc1. The Kier molecular flexibility index (Phi) is 5.39. The number of thiophene rings is 1. The van der Waals surface area contributed by atoms with Gasteiger partial charge in [-0.15, -0.1) is 11.3 Å². The van der Waals surface area contributed by atoms with Gasteiger partial charge in [-0.2, -0.15) is 0 Å². The van der Waals surface area contributed by atoms with Crippen LogP contribution in [-0.4, -0.2) is 0 Å². The topological polar surface area (TPSA) is 3.24 Å². The molecule has 1 heterocycles. The number of benzene rings is 7. The molecule has 0 amide bonds. The van der Waals surface area contributed by atoms with Crippen LogP contribution in [0.4, 0.5) is 17.1 Å². The maximum absolute atomic E-state index is 2.42. The van der Waals surface area contributed by atoms with Gasteiger partial charge in [0, 0.05) is 42.6 Å². The minimum atomic E-state index is 1.15. The standard InChI is InChI=1S/C38H25NS/c1-3-14-27(15-4-1)39(28-16-5-2-6-17-28)29-22-23-33-36-25-35(31-21-11-13-26-12-7-8-18-30(26)31)32-19-9-10-20-34(32)38(36)40-37(33)24-29/h1-25H. The van der Waals surface area contributed by atoms with E-state index in [0.29, 0.717) is 0 Å². The van der Waals surface area contributed by atoms with Crippen molar-refractivity contribution < 1.29 is 0 Å². The molecule has 7 aromatic carbocycles. The Morgan fingerprint density at radius 1 is 0.375 bits per heavy atom. The first-order valence-corrected chi connectivity index (χ1v) is 14.4. The number of hydrogen-bond donors (Lipinski definition) is 0. The van der Waals surface area contributed by atoms with Crippen molar-refractivity contribution in [1.29, 1.82) is 0 Å². The molecule has 188 valence electrons. The van der Waals surface area contributed by atoms with E-state index in [9.17, 15) is 0 Å². The fourth-order valence-corrected chi connectivity index (χ4v) is 7.26. The molecule has 1 aromatic heterocycles. The van der Waals surface area contributed by atoms with Crippen molar-refractivity contribution in [3.63, 3.8) is 0 Å². The minimum Gasteiger partial charge on any atom is -0.310 e. The van der Waals surface area contributed by atoms with Crippen LogP contribution in [0.1, 0.15) is 0 Å². The van der Waals surface area contributed by atoms with E-state index < -0.39 is 0 Å². The molecule has 0 fully saturated rings. The van der Waals surface area contributed by atoms with E-state index in [1.165, 1.54) is 52.8 Å². The Labute approximate surface area is 237 Å². The average Bonchev–Trinajstić information content (AvgIpc) is 3.40. The van der Waals surface area contributed by atoms with Gasteiger partial charge < -0.3 is 4.90 Å². The average molecular weight is 528 g/mol. The van der Waals surface area contributed by atoms with E-state index in [-0.39, 0.29) is 0 Å². The second-order valence-electron chi connectivity index (χ2n) is 10.2. The second-order valence-corrected chi connectivity index (χ2v) is 11.2. The van der Waals surface area contributed by atoms with Crippen LogP contribution in [0.25, 0.3) is 52.8 Å². The third-order valence-electron chi connectivity index (χ3n) is 7.83. The summed E-state index contributed by atoms with van der Waals surface area (Å²) < 4.78 is 2.64. The first-order valence-electron chi connectivity index (χ1n) is 13.6. The highest BCUT2D eigenvalue weighted by atomic mass is 32.1. The van der Waals surface area contributed by atoms with Crippen LogP contribution in [0.2, 0.25) is 0 Å². The van der Waals surface area contributed by atoms with Crippen LogP contribution in [0.3, 0.4) is 0 Å². The van der Waals surface area contributed by atoms with Gasteiger partial charge in [-0.25, -0.2) is 0 Å². The number of hydrogen-bond acceptors (Lipinski definition) is 2. The monoisotopic (exact) mass is 527 g/mol. The number of fused-ring (bicyclic) bond motifs is 6. The molecule has 8 aromatic rings. The van der Waals surface area contributed by atoms with Crippen LogP contribution in [0.15, 0.2) is 152 Å². The molecule has 0 spiro atoms. The van der Waals surface area contributed by atoms with Crippen molar-refractivity contribution in [2.24, 2.45) is 0 Å². The van der Waals surface area contributed by atoms with E-state index >= 15 is 0 Å². The molecule has 1 nitrogen and oxygen atoms in total. The van der Waals surface area contributed by atoms with Gasteiger partial charge in [0.15, 0.2) is 0 Å². The van der Waals surface area contributed by atoms with E-state index in [2.05, 4.69) is 157 Å². The molecule has 0 N–H and O–H groups in total. The second kappa shape index (κ2) is 9.37. The summed E-state index contributed by atoms with van der Waals surface area (Å²) in [6, 6.07) is 54.8. The number of rotatable bonds is 4. The summed E-state index contributed by atoms with van der Waals surface area (Å²) in [4.78, 5) is 2.34. The maximum atomic E-state index is 2.42. The third-order valence-corrected chi connectivity index (χ3v) is 9.03. The summed E-state index contributed by atoms with van der Waals surface area (Å²) in [5, 5.41) is 7.79. The lowest BCUT2D eigenvalue weighted by Crippen LogP contribution is -2.09. The van der Waals surface area contributed by atoms with Crippen molar-refractivity contribution >= 4 is 70.1 Å². The van der Waals surface area contributed by atoms with Gasteiger partial charge in [-0.3, -0.25) is 0 Å².